The highest BCUT2D eigenvalue weighted by molar-refractivity contribution is 6.30. The average Bonchev–Trinajstić information content (AvgIpc) is 3.38. The van der Waals surface area contributed by atoms with Gasteiger partial charge in [0.15, 0.2) is 11.3 Å². The van der Waals surface area contributed by atoms with Crippen LogP contribution in [0.15, 0.2) is 48.8 Å². The van der Waals surface area contributed by atoms with Gasteiger partial charge in [-0.05, 0) is 30.3 Å². The summed E-state index contributed by atoms with van der Waals surface area (Å²) in [6, 6.07) is 5.84. The highest BCUT2D eigenvalue weighted by atomic mass is 35.5. The second-order valence-corrected chi connectivity index (χ2v) is 7.52. The lowest BCUT2D eigenvalue weighted by molar-refractivity contribution is -0.291. The smallest absolute Gasteiger partial charge is 0.349 e. The quantitative estimate of drug-likeness (QED) is 0.395. The first-order valence-corrected chi connectivity index (χ1v) is 9.91. The number of fused-ring (bicyclic) bond motifs is 1. The van der Waals surface area contributed by atoms with Crippen molar-refractivity contribution in [2.45, 2.75) is 18.6 Å². The zero-order valence-electron chi connectivity index (χ0n) is 16.8. The van der Waals surface area contributed by atoms with Gasteiger partial charge in [0.1, 0.15) is 11.5 Å². The maximum Gasteiger partial charge on any atom is 0.459 e. The van der Waals surface area contributed by atoms with Crippen molar-refractivity contribution in [1.29, 1.82) is 0 Å². The maximum absolute atomic E-state index is 14.4. The van der Waals surface area contributed by atoms with Crippen molar-refractivity contribution in [3.8, 4) is 11.3 Å². The molecule has 0 radical (unpaired) electrons. The Kier molecular flexibility index (Phi) is 5.98. The van der Waals surface area contributed by atoms with Gasteiger partial charge >= 0.3 is 12.1 Å². The Balaban J connectivity index is 1.71. The standard InChI is InChI=1S/C20H13ClF6N6O/c21-12-9-29-32(10-12)6-5-28-18(34)15-8-17-30-14(11-1-3-13(22)4-2-11)7-16(33(17)31-15)19(23,24)20(25,26)27/h1-4,7-10H,5-6H2,(H,28,34). The van der Waals surface area contributed by atoms with Gasteiger partial charge in [0.05, 0.1) is 23.5 Å². The van der Waals surface area contributed by atoms with Gasteiger partial charge < -0.3 is 5.32 Å². The first-order valence-electron chi connectivity index (χ1n) is 9.53. The number of hydrogen-bond donors (Lipinski definition) is 1. The third kappa shape index (κ3) is 4.55. The topological polar surface area (TPSA) is 77.1 Å². The molecule has 7 nitrogen and oxygen atoms in total. The number of aromatic nitrogens is 5. The van der Waals surface area contributed by atoms with Crippen LogP contribution in [-0.4, -0.2) is 43.0 Å². The van der Waals surface area contributed by atoms with Gasteiger partial charge in [-0.25, -0.2) is 13.9 Å². The predicted octanol–water partition coefficient (Wildman–Crippen LogP) is 4.47. The largest absolute Gasteiger partial charge is 0.459 e. The van der Waals surface area contributed by atoms with E-state index < -0.39 is 40.9 Å². The molecule has 0 atom stereocenters. The summed E-state index contributed by atoms with van der Waals surface area (Å²) in [5.41, 5.74) is -2.59. The number of nitrogens with one attached hydrogen (secondary N) is 1. The summed E-state index contributed by atoms with van der Waals surface area (Å²) in [4.78, 5) is 16.5. The molecule has 34 heavy (non-hydrogen) atoms. The molecule has 0 unspecified atom stereocenters. The Hall–Kier alpha value is -3.61. The number of nitrogens with zero attached hydrogens (tertiary/aromatic N) is 5. The van der Waals surface area contributed by atoms with Crippen LogP contribution in [-0.2, 0) is 12.5 Å². The number of halogens is 7. The summed E-state index contributed by atoms with van der Waals surface area (Å²) in [5, 5.41) is 10.4. The molecule has 178 valence electrons. The first kappa shape index (κ1) is 23.5. The van der Waals surface area contributed by atoms with Crippen molar-refractivity contribution in [2.24, 2.45) is 0 Å². The number of hydrogen-bond acceptors (Lipinski definition) is 4. The minimum absolute atomic E-state index is 0.0462. The summed E-state index contributed by atoms with van der Waals surface area (Å²) in [7, 11) is 0. The van der Waals surface area contributed by atoms with Crippen molar-refractivity contribution in [3.63, 3.8) is 0 Å². The number of rotatable bonds is 6. The lowest BCUT2D eigenvalue weighted by atomic mass is 10.1. The monoisotopic (exact) mass is 502 g/mol. The van der Waals surface area contributed by atoms with E-state index in [2.05, 4.69) is 20.5 Å². The second-order valence-electron chi connectivity index (χ2n) is 7.08. The van der Waals surface area contributed by atoms with Gasteiger partial charge in [-0.3, -0.25) is 9.48 Å². The van der Waals surface area contributed by atoms with E-state index in [1.165, 1.54) is 29.2 Å². The third-order valence-electron chi connectivity index (χ3n) is 4.71. The molecule has 3 aromatic heterocycles. The predicted molar refractivity (Wildman–Crippen MR) is 108 cm³/mol. The highest BCUT2D eigenvalue weighted by Gasteiger charge is 2.60. The van der Waals surface area contributed by atoms with Crippen LogP contribution in [0, 0.1) is 5.82 Å². The Morgan fingerprint density at radius 2 is 1.79 bits per heavy atom. The van der Waals surface area contributed by atoms with Gasteiger partial charge in [0.2, 0.25) is 0 Å². The van der Waals surface area contributed by atoms with Gasteiger partial charge in [-0.1, -0.05) is 11.6 Å². The minimum Gasteiger partial charge on any atom is -0.349 e. The molecule has 0 aliphatic rings. The SMILES string of the molecule is O=C(NCCn1cc(Cl)cn1)c1cc2nc(-c3ccc(F)cc3)cc(C(F)(F)C(F)(F)F)n2n1. The van der Waals surface area contributed by atoms with Gasteiger partial charge in [0, 0.05) is 24.4 Å². The lowest BCUT2D eigenvalue weighted by Gasteiger charge is -2.21. The van der Waals surface area contributed by atoms with Crippen molar-refractivity contribution in [3.05, 3.63) is 71.0 Å². The van der Waals surface area contributed by atoms with Gasteiger partial charge in [-0.2, -0.15) is 32.1 Å². The number of carbonyl (C=O) groups is 1. The van der Waals surface area contributed by atoms with E-state index in [4.69, 9.17) is 11.6 Å². The van der Waals surface area contributed by atoms with Crippen molar-refractivity contribution < 1.29 is 31.1 Å². The van der Waals surface area contributed by atoms with Crippen molar-refractivity contribution >= 4 is 23.2 Å². The molecule has 0 saturated carbocycles. The lowest BCUT2D eigenvalue weighted by Crippen LogP contribution is -2.36. The first-order chi connectivity index (χ1) is 16.0. The molecule has 1 amide bonds. The van der Waals surface area contributed by atoms with E-state index in [0.29, 0.717) is 11.1 Å². The molecular weight excluding hydrogens is 490 g/mol. The number of amides is 1. The Labute approximate surface area is 192 Å². The van der Waals surface area contributed by atoms with E-state index in [0.717, 1.165) is 18.2 Å². The van der Waals surface area contributed by atoms with Crippen LogP contribution >= 0.6 is 11.6 Å². The van der Waals surface area contributed by atoms with Crippen LogP contribution in [0.25, 0.3) is 16.9 Å². The molecule has 0 saturated heterocycles. The van der Waals surface area contributed by atoms with E-state index >= 15 is 0 Å². The van der Waals surface area contributed by atoms with Gasteiger partial charge in [-0.15, -0.1) is 0 Å². The van der Waals surface area contributed by atoms with Crippen LogP contribution in [0.1, 0.15) is 16.2 Å². The molecule has 0 bridgehead atoms. The van der Waals surface area contributed by atoms with Crippen LogP contribution in [0.2, 0.25) is 5.02 Å². The summed E-state index contributed by atoms with van der Waals surface area (Å²) in [6.07, 6.45) is -3.05. The zero-order valence-corrected chi connectivity index (χ0v) is 17.6. The second kappa shape index (κ2) is 8.63. The molecule has 1 N–H and O–H groups in total. The number of benzene rings is 1. The molecular formula is C20H13ClF6N6O. The Morgan fingerprint density at radius 3 is 2.41 bits per heavy atom. The van der Waals surface area contributed by atoms with E-state index in [-0.39, 0.29) is 28.9 Å². The fraction of sp³-hybridized carbons (Fsp3) is 0.200. The van der Waals surface area contributed by atoms with Crippen molar-refractivity contribution in [2.75, 3.05) is 6.54 Å². The normalized spacial score (nSPS) is 12.3. The highest BCUT2D eigenvalue weighted by Crippen LogP contribution is 2.44. The van der Waals surface area contributed by atoms with Crippen LogP contribution < -0.4 is 5.32 Å². The molecule has 4 aromatic rings. The third-order valence-corrected chi connectivity index (χ3v) is 4.90. The number of carbonyl (C=O) groups excluding carboxylic acids is 1. The van der Waals surface area contributed by atoms with Gasteiger partial charge in [0.25, 0.3) is 5.91 Å². The minimum atomic E-state index is -5.94. The molecule has 14 heteroatoms. The molecule has 0 fully saturated rings. The maximum atomic E-state index is 14.4. The molecule has 3 heterocycles. The molecule has 0 spiro atoms. The van der Waals surface area contributed by atoms with E-state index in [9.17, 15) is 31.1 Å². The van der Waals surface area contributed by atoms with Crippen LogP contribution in [0.5, 0.6) is 0 Å². The zero-order chi connectivity index (χ0) is 24.7. The summed E-state index contributed by atoms with van der Waals surface area (Å²) in [5.74, 6) is -6.78. The van der Waals surface area contributed by atoms with Crippen LogP contribution in [0.3, 0.4) is 0 Å². The van der Waals surface area contributed by atoms with E-state index in [1.54, 1.807) is 0 Å². The average molecular weight is 503 g/mol. The van der Waals surface area contributed by atoms with Crippen molar-refractivity contribution in [1.82, 2.24) is 29.7 Å². The Bertz CT molecular complexity index is 1350. The van der Waals surface area contributed by atoms with E-state index in [1.807, 2.05) is 0 Å². The summed E-state index contributed by atoms with van der Waals surface area (Å²) >= 11 is 5.74. The van der Waals surface area contributed by atoms with Crippen LogP contribution in [0.4, 0.5) is 26.3 Å². The Morgan fingerprint density at radius 1 is 1.09 bits per heavy atom. The molecule has 1 aromatic carbocycles. The fourth-order valence-electron chi connectivity index (χ4n) is 3.06. The molecule has 4 rings (SSSR count). The summed E-state index contributed by atoms with van der Waals surface area (Å²) in [6.45, 7) is 0.265. The number of alkyl halides is 5. The molecule has 0 aliphatic heterocycles. The fourth-order valence-corrected chi connectivity index (χ4v) is 3.21. The summed E-state index contributed by atoms with van der Waals surface area (Å²) < 4.78 is 83.2. The molecule has 0 aliphatic carbocycles.